The molecule has 0 aliphatic heterocycles. The molecule has 23 heavy (non-hydrogen) atoms. The highest BCUT2D eigenvalue weighted by Gasteiger charge is 2.05. The van der Waals surface area contributed by atoms with Crippen molar-refractivity contribution in [1.82, 2.24) is 0 Å². The third-order valence-corrected chi connectivity index (χ3v) is 3.16. The molecule has 0 amide bonds. The Morgan fingerprint density at radius 1 is 1.04 bits per heavy atom. The fourth-order valence-electron chi connectivity index (χ4n) is 2.00. The lowest BCUT2D eigenvalue weighted by atomic mass is 10.2. The van der Waals surface area contributed by atoms with Gasteiger partial charge in [0.1, 0.15) is 6.61 Å². The Bertz CT molecular complexity index is 700. The number of benzene rings is 2. The molecule has 118 valence electrons. The summed E-state index contributed by atoms with van der Waals surface area (Å²) in [5.41, 5.74) is 2.08. The predicted octanol–water partition coefficient (Wildman–Crippen LogP) is 4.43. The molecule has 0 saturated carbocycles. The smallest absolute Gasteiger partial charge is 0.161 e. The normalized spacial score (nSPS) is 11.0. The molecule has 0 N–H and O–H groups in total. The average molecular weight is 308 g/mol. The number of allylic oxidation sites excluding steroid dienone is 3. The molecule has 2 aromatic rings. The minimum Gasteiger partial charge on any atom is -0.493 e. The molecule has 0 fully saturated rings. The lowest BCUT2D eigenvalue weighted by Gasteiger charge is -2.11. The molecular formula is C20H20O3. The van der Waals surface area contributed by atoms with Crippen LogP contribution < -0.4 is 9.47 Å². The van der Waals surface area contributed by atoms with Crippen LogP contribution in [0.15, 0.2) is 66.8 Å². The van der Waals surface area contributed by atoms with Gasteiger partial charge < -0.3 is 9.47 Å². The SMILES string of the molecule is COc1cc(C=CC=CC(C)=O)ccc1OCc1ccccc1. The second-order valence-corrected chi connectivity index (χ2v) is 5.01. The van der Waals surface area contributed by atoms with E-state index >= 15 is 0 Å². The molecule has 0 aromatic heterocycles. The molecule has 0 aliphatic carbocycles. The highest BCUT2D eigenvalue weighted by Crippen LogP contribution is 2.29. The first-order valence-corrected chi connectivity index (χ1v) is 7.39. The molecule has 0 bridgehead atoms. The minimum absolute atomic E-state index is 0.0249. The summed E-state index contributed by atoms with van der Waals surface area (Å²) < 4.78 is 11.2. The molecule has 0 radical (unpaired) electrons. The zero-order chi connectivity index (χ0) is 16.5. The second-order valence-electron chi connectivity index (χ2n) is 5.01. The lowest BCUT2D eigenvalue weighted by Crippen LogP contribution is -1.97. The van der Waals surface area contributed by atoms with Gasteiger partial charge in [0, 0.05) is 0 Å². The van der Waals surface area contributed by atoms with Crippen molar-refractivity contribution in [3.05, 3.63) is 77.9 Å². The standard InChI is InChI=1S/C20H20O3/c1-16(21)8-6-7-9-17-12-13-19(20(14-17)22-2)23-15-18-10-4-3-5-11-18/h3-14H,15H2,1-2H3. The Morgan fingerprint density at radius 2 is 1.83 bits per heavy atom. The fourth-order valence-corrected chi connectivity index (χ4v) is 2.00. The summed E-state index contributed by atoms with van der Waals surface area (Å²) in [7, 11) is 1.62. The Balaban J connectivity index is 2.05. The Morgan fingerprint density at radius 3 is 2.52 bits per heavy atom. The average Bonchev–Trinajstić information content (AvgIpc) is 2.58. The van der Waals surface area contributed by atoms with Crippen LogP contribution in [0.4, 0.5) is 0 Å². The first-order chi connectivity index (χ1) is 11.2. The molecule has 0 aliphatic rings. The largest absolute Gasteiger partial charge is 0.493 e. The number of rotatable bonds is 7. The van der Waals surface area contributed by atoms with Crippen molar-refractivity contribution in [2.75, 3.05) is 7.11 Å². The minimum atomic E-state index is 0.0249. The quantitative estimate of drug-likeness (QED) is 0.560. The summed E-state index contributed by atoms with van der Waals surface area (Å²) in [6, 6.07) is 15.7. The Labute approximate surface area is 136 Å². The van der Waals surface area contributed by atoms with Gasteiger partial charge in [-0.05, 0) is 36.3 Å². The third kappa shape index (κ3) is 5.47. The van der Waals surface area contributed by atoms with Crippen LogP contribution in [0.2, 0.25) is 0 Å². The van der Waals surface area contributed by atoms with E-state index in [0.29, 0.717) is 18.1 Å². The van der Waals surface area contributed by atoms with E-state index in [0.717, 1.165) is 11.1 Å². The molecule has 2 aromatic carbocycles. The topological polar surface area (TPSA) is 35.5 Å². The van der Waals surface area contributed by atoms with Crippen LogP contribution in [-0.2, 0) is 11.4 Å². The maximum atomic E-state index is 10.8. The molecule has 3 heteroatoms. The summed E-state index contributed by atoms with van der Waals surface area (Å²) in [4.78, 5) is 10.8. The van der Waals surface area contributed by atoms with Gasteiger partial charge in [0.15, 0.2) is 17.3 Å². The van der Waals surface area contributed by atoms with Crippen molar-refractivity contribution in [3.63, 3.8) is 0 Å². The number of hydrogen-bond donors (Lipinski definition) is 0. The van der Waals surface area contributed by atoms with Gasteiger partial charge in [0.05, 0.1) is 7.11 Å². The maximum Gasteiger partial charge on any atom is 0.161 e. The van der Waals surface area contributed by atoms with Gasteiger partial charge in [0.2, 0.25) is 0 Å². The number of methoxy groups -OCH3 is 1. The molecule has 0 atom stereocenters. The van der Waals surface area contributed by atoms with E-state index < -0.39 is 0 Å². The summed E-state index contributed by atoms with van der Waals surface area (Å²) in [6.45, 7) is 2.01. The van der Waals surface area contributed by atoms with Crippen molar-refractivity contribution in [2.24, 2.45) is 0 Å². The van der Waals surface area contributed by atoms with E-state index in [-0.39, 0.29) is 5.78 Å². The number of carbonyl (C=O) groups excluding carboxylic acids is 1. The lowest BCUT2D eigenvalue weighted by molar-refractivity contribution is -0.112. The van der Waals surface area contributed by atoms with Gasteiger partial charge in [-0.25, -0.2) is 0 Å². The number of carbonyl (C=O) groups is 1. The molecular weight excluding hydrogens is 288 g/mol. The van der Waals surface area contributed by atoms with E-state index in [1.54, 1.807) is 13.2 Å². The van der Waals surface area contributed by atoms with E-state index in [2.05, 4.69) is 0 Å². The first kappa shape index (κ1) is 16.6. The maximum absolute atomic E-state index is 10.8. The Hall–Kier alpha value is -2.81. The third-order valence-electron chi connectivity index (χ3n) is 3.16. The van der Waals surface area contributed by atoms with Gasteiger partial charge in [-0.1, -0.05) is 54.6 Å². The van der Waals surface area contributed by atoms with Crippen molar-refractivity contribution in [3.8, 4) is 11.5 Å². The van der Waals surface area contributed by atoms with E-state index in [4.69, 9.17) is 9.47 Å². The number of ether oxygens (including phenoxy) is 2. The zero-order valence-corrected chi connectivity index (χ0v) is 13.4. The molecule has 0 heterocycles. The zero-order valence-electron chi connectivity index (χ0n) is 13.4. The monoisotopic (exact) mass is 308 g/mol. The van der Waals surface area contributed by atoms with Gasteiger partial charge in [-0.15, -0.1) is 0 Å². The second kappa shape index (κ2) is 8.59. The molecule has 0 spiro atoms. The number of ketones is 1. The highest BCUT2D eigenvalue weighted by atomic mass is 16.5. The fraction of sp³-hybridized carbons (Fsp3) is 0.150. The van der Waals surface area contributed by atoms with Crippen molar-refractivity contribution >= 4 is 11.9 Å². The van der Waals surface area contributed by atoms with Crippen LogP contribution in [0.25, 0.3) is 6.08 Å². The summed E-state index contributed by atoms with van der Waals surface area (Å²) in [5.74, 6) is 1.41. The first-order valence-electron chi connectivity index (χ1n) is 7.39. The van der Waals surface area contributed by atoms with E-state index in [1.165, 1.54) is 13.0 Å². The van der Waals surface area contributed by atoms with Crippen molar-refractivity contribution < 1.29 is 14.3 Å². The van der Waals surface area contributed by atoms with Crippen LogP contribution in [0, 0.1) is 0 Å². The highest BCUT2D eigenvalue weighted by molar-refractivity contribution is 5.87. The number of hydrogen-bond acceptors (Lipinski definition) is 3. The van der Waals surface area contributed by atoms with Crippen LogP contribution in [0.3, 0.4) is 0 Å². The van der Waals surface area contributed by atoms with Crippen LogP contribution in [0.5, 0.6) is 11.5 Å². The molecule has 0 saturated heterocycles. The Kier molecular flexibility index (Phi) is 6.18. The van der Waals surface area contributed by atoms with E-state index in [9.17, 15) is 4.79 Å². The van der Waals surface area contributed by atoms with Gasteiger partial charge >= 0.3 is 0 Å². The summed E-state index contributed by atoms with van der Waals surface area (Å²) >= 11 is 0. The predicted molar refractivity (Wildman–Crippen MR) is 92.6 cm³/mol. The summed E-state index contributed by atoms with van der Waals surface area (Å²) in [6.07, 6.45) is 6.96. The van der Waals surface area contributed by atoms with E-state index in [1.807, 2.05) is 60.7 Å². The van der Waals surface area contributed by atoms with Crippen LogP contribution in [0.1, 0.15) is 18.1 Å². The van der Waals surface area contributed by atoms with Gasteiger partial charge in [-0.2, -0.15) is 0 Å². The summed E-state index contributed by atoms with van der Waals surface area (Å²) in [5, 5.41) is 0. The van der Waals surface area contributed by atoms with Crippen LogP contribution in [-0.4, -0.2) is 12.9 Å². The van der Waals surface area contributed by atoms with Gasteiger partial charge in [-0.3, -0.25) is 4.79 Å². The van der Waals surface area contributed by atoms with Crippen molar-refractivity contribution in [1.29, 1.82) is 0 Å². The molecule has 3 nitrogen and oxygen atoms in total. The molecule has 2 rings (SSSR count). The van der Waals surface area contributed by atoms with Gasteiger partial charge in [0.25, 0.3) is 0 Å². The van der Waals surface area contributed by atoms with Crippen LogP contribution >= 0.6 is 0 Å². The van der Waals surface area contributed by atoms with Crippen molar-refractivity contribution in [2.45, 2.75) is 13.5 Å². The molecule has 0 unspecified atom stereocenters.